The normalized spacial score (nSPS) is 12.0. The van der Waals surface area contributed by atoms with Crippen LogP contribution in [-0.2, 0) is 58.8 Å². The average Bonchev–Trinajstić information content (AvgIpc) is 3.67. The predicted octanol–water partition coefficient (Wildman–Crippen LogP) is 3.25. The van der Waals surface area contributed by atoms with Crippen molar-refractivity contribution < 1.29 is 46.6 Å². The fourth-order valence-corrected chi connectivity index (χ4v) is 8.75. The number of amides is 4. The Bertz CT molecular complexity index is 2530. The van der Waals surface area contributed by atoms with Crippen molar-refractivity contribution in [2.24, 2.45) is 7.05 Å². The second-order valence-electron chi connectivity index (χ2n) is 17.1. The first-order valence-corrected chi connectivity index (χ1v) is 23.6. The van der Waals surface area contributed by atoms with Crippen molar-refractivity contribution in [2.45, 2.75) is 103 Å². The van der Waals surface area contributed by atoms with E-state index in [1.165, 1.54) is 6.20 Å². The number of sulfonamides is 1. The van der Waals surface area contributed by atoms with Crippen molar-refractivity contribution in [1.82, 2.24) is 40.1 Å². The molecule has 2 aromatic heterocycles. The summed E-state index contributed by atoms with van der Waals surface area (Å²) in [5.74, 6) is -1.76. The third-order valence-electron chi connectivity index (χ3n) is 10.2. The summed E-state index contributed by atoms with van der Waals surface area (Å²) in [6.45, 7) is 12.5. The molecular weight excluding hydrogens is 887 g/mol. The first-order valence-electron chi connectivity index (χ1n) is 22.1. The molecule has 2 aromatic carbocycles. The summed E-state index contributed by atoms with van der Waals surface area (Å²) in [5, 5.41) is 14.3. The van der Waals surface area contributed by atoms with E-state index in [4.69, 9.17) is 14.2 Å². The molecule has 20 nitrogen and oxygen atoms in total. The van der Waals surface area contributed by atoms with Crippen LogP contribution >= 0.6 is 0 Å². The SMILES string of the molecule is COC(=O)C(CNC(=O)c1cn(CCCNC(=O)CCC(=O)NCCCOCCCNC(=O)OC(C)(C)C)c2cc(CNc3nccn3C)ccc2c1=O)NS(=O)(=O)c1c(C)cc(C)cc1C. The van der Waals surface area contributed by atoms with Gasteiger partial charge in [-0.15, -0.1) is 0 Å². The first-order chi connectivity index (χ1) is 31.7. The third kappa shape index (κ3) is 16.8. The maximum absolute atomic E-state index is 13.9. The van der Waals surface area contributed by atoms with Gasteiger partial charge in [-0.25, -0.2) is 18.2 Å². The van der Waals surface area contributed by atoms with Crippen LogP contribution in [0.2, 0.25) is 0 Å². The summed E-state index contributed by atoms with van der Waals surface area (Å²) < 4.78 is 48.6. The highest BCUT2D eigenvalue weighted by Gasteiger charge is 2.30. The summed E-state index contributed by atoms with van der Waals surface area (Å²) in [6, 6.07) is 7.08. The number of hydrogen-bond acceptors (Lipinski definition) is 13. The van der Waals surface area contributed by atoms with Gasteiger partial charge in [-0.3, -0.25) is 24.0 Å². The van der Waals surface area contributed by atoms with Crippen molar-refractivity contribution in [3.05, 3.63) is 87.0 Å². The van der Waals surface area contributed by atoms with Crippen molar-refractivity contribution in [1.29, 1.82) is 0 Å². The summed E-state index contributed by atoms with van der Waals surface area (Å²) >= 11 is 0. The van der Waals surface area contributed by atoms with Gasteiger partial charge in [0.25, 0.3) is 5.91 Å². The van der Waals surface area contributed by atoms with Crippen molar-refractivity contribution in [3.63, 3.8) is 0 Å². The lowest BCUT2D eigenvalue weighted by molar-refractivity contribution is -0.142. The van der Waals surface area contributed by atoms with Crippen LogP contribution in [0.15, 0.2) is 58.6 Å². The van der Waals surface area contributed by atoms with Gasteiger partial charge in [-0.1, -0.05) is 23.8 Å². The molecule has 0 aliphatic carbocycles. The number of benzene rings is 2. The minimum atomic E-state index is -4.26. The molecule has 67 heavy (non-hydrogen) atoms. The number of carbonyl (C=O) groups excluding carboxylic acids is 5. The van der Waals surface area contributed by atoms with Crippen molar-refractivity contribution in [2.75, 3.05) is 51.8 Å². The van der Waals surface area contributed by atoms with Gasteiger partial charge in [-0.2, -0.15) is 4.72 Å². The molecule has 0 radical (unpaired) electrons. The number of aryl methyl sites for hydroxylation is 5. The van der Waals surface area contributed by atoms with Crippen LogP contribution < -0.4 is 36.7 Å². The summed E-state index contributed by atoms with van der Waals surface area (Å²) in [7, 11) is -1.32. The number of nitrogens with one attached hydrogen (secondary N) is 6. The molecular formula is C46H65N9O11S. The molecule has 0 aliphatic rings. The Kier molecular flexibility index (Phi) is 19.9. The average molecular weight is 952 g/mol. The van der Waals surface area contributed by atoms with E-state index >= 15 is 0 Å². The van der Waals surface area contributed by atoms with Crippen LogP contribution in [0.4, 0.5) is 10.7 Å². The molecule has 0 bridgehead atoms. The molecule has 0 spiro atoms. The number of aromatic nitrogens is 3. The van der Waals surface area contributed by atoms with Gasteiger partial charge in [0.05, 0.1) is 17.5 Å². The number of alkyl carbamates (subject to hydrolysis) is 1. The summed E-state index contributed by atoms with van der Waals surface area (Å²) in [4.78, 5) is 81.5. The molecule has 21 heteroatoms. The zero-order valence-corrected chi connectivity index (χ0v) is 40.4. The molecule has 4 amide bonds. The van der Waals surface area contributed by atoms with Crippen molar-refractivity contribution in [3.8, 4) is 0 Å². The number of fused-ring (bicyclic) bond motifs is 1. The highest BCUT2D eigenvalue weighted by Crippen LogP contribution is 2.22. The molecule has 0 fully saturated rings. The van der Waals surface area contributed by atoms with Gasteiger partial charge in [0, 0.05) is 96.3 Å². The van der Waals surface area contributed by atoms with E-state index in [-0.39, 0.29) is 53.6 Å². The molecule has 0 saturated carbocycles. The number of rotatable bonds is 25. The zero-order chi connectivity index (χ0) is 49.3. The van der Waals surface area contributed by atoms with E-state index in [9.17, 15) is 37.2 Å². The molecule has 4 aromatic rings. The van der Waals surface area contributed by atoms with Crippen LogP contribution in [0.3, 0.4) is 0 Å². The standard InChI is InChI=1S/C46H65N9O11S/c1-30-24-31(2)41(32(3)25-30)67(62,63)53-36(43(60)64-8)28-51-42(59)35-29-55(37-26-33(12-13-34(37)40(35)58)27-52-44-49-19-21-54(44)7)20-9-16-47-38(56)14-15-39(57)48-17-10-22-65-23-11-18-50-45(61)66-46(4,5)6/h12-13,19,21,24-26,29,36,53H,9-11,14-18,20,22-23,27-28H2,1-8H3,(H,47,56)(H,48,57)(H,49,52)(H,50,61)(H,51,59). The van der Waals surface area contributed by atoms with Crippen LogP contribution in [0, 0.1) is 20.8 Å². The largest absolute Gasteiger partial charge is 0.468 e. The maximum Gasteiger partial charge on any atom is 0.407 e. The van der Waals surface area contributed by atoms with E-state index < -0.39 is 51.6 Å². The van der Waals surface area contributed by atoms with Gasteiger partial charge in [0.15, 0.2) is 0 Å². The third-order valence-corrected chi connectivity index (χ3v) is 12.0. The lowest BCUT2D eigenvalue weighted by Crippen LogP contribution is -2.49. The van der Waals surface area contributed by atoms with E-state index in [0.717, 1.165) is 18.2 Å². The number of methoxy groups -OCH3 is 1. The number of imidazole rings is 1. The van der Waals surface area contributed by atoms with E-state index in [0.29, 0.717) is 74.7 Å². The second kappa shape index (κ2) is 25.0. The Labute approximate surface area is 391 Å². The number of ether oxygens (including phenoxy) is 3. The fourth-order valence-electron chi connectivity index (χ4n) is 7.12. The monoisotopic (exact) mass is 951 g/mol. The summed E-state index contributed by atoms with van der Waals surface area (Å²) in [6.07, 6.45) is 5.90. The molecule has 2 heterocycles. The lowest BCUT2D eigenvalue weighted by atomic mass is 10.1. The lowest BCUT2D eigenvalue weighted by Gasteiger charge is -2.20. The van der Waals surface area contributed by atoms with Gasteiger partial charge in [0.1, 0.15) is 17.2 Å². The highest BCUT2D eigenvalue weighted by atomic mass is 32.2. The van der Waals surface area contributed by atoms with Gasteiger partial charge < -0.3 is 49.9 Å². The Morgan fingerprint density at radius 2 is 1.48 bits per heavy atom. The van der Waals surface area contributed by atoms with Gasteiger partial charge in [-0.05, 0) is 89.6 Å². The second-order valence-corrected chi connectivity index (χ2v) is 18.7. The number of carbonyl (C=O) groups is 5. The molecule has 1 atom stereocenters. The minimum absolute atomic E-state index is 0.000991. The quantitative estimate of drug-likeness (QED) is 0.0413. The number of pyridine rings is 1. The minimum Gasteiger partial charge on any atom is -0.468 e. The zero-order valence-electron chi connectivity index (χ0n) is 39.6. The number of nitrogens with zero attached hydrogens (tertiary/aromatic N) is 3. The van der Waals surface area contributed by atoms with E-state index in [2.05, 4.69) is 36.3 Å². The summed E-state index contributed by atoms with van der Waals surface area (Å²) in [5.41, 5.74) is 1.75. The van der Waals surface area contributed by atoms with Crippen molar-refractivity contribution >= 4 is 56.7 Å². The molecule has 0 saturated heterocycles. The van der Waals surface area contributed by atoms with Gasteiger partial charge >= 0.3 is 12.1 Å². The molecule has 366 valence electrons. The smallest absolute Gasteiger partial charge is 0.407 e. The van der Waals surface area contributed by atoms with Crippen LogP contribution in [0.1, 0.15) is 85.5 Å². The Morgan fingerprint density at radius 3 is 2.07 bits per heavy atom. The number of esters is 1. The number of hydrogen-bond donors (Lipinski definition) is 6. The fraction of sp³-hybridized carbons (Fsp3) is 0.500. The predicted molar refractivity (Wildman–Crippen MR) is 252 cm³/mol. The van der Waals surface area contributed by atoms with Crippen LogP contribution in [-0.4, -0.2) is 110 Å². The number of anilines is 1. The highest BCUT2D eigenvalue weighted by molar-refractivity contribution is 7.89. The Balaban J connectivity index is 1.35. The first kappa shape index (κ1) is 53.3. The topological polar surface area (TPSA) is 259 Å². The maximum atomic E-state index is 13.9. The van der Waals surface area contributed by atoms with Crippen LogP contribution in [0.25, 0.3) is 10.9 Å². The molecule has 6 N–H and O–H groups in total. The van der Waals surface area contributed by atoms with Crippen LogP contribution in [0.5, 0.6) is 0 Å². The van der Waals surface area contributed by atoms with Gasteiger partial charge in [0.2, 0.25) is 33.2 Å². The van der Waals surface area contributed by atoms with E-state index in [1.54, 1.807) is 75.8 Å². The molecule has 4 rings (SSSR count). The molecule has 0 aliphatic heterocycles. The Morgan fingerprint density at radius 1 is 0.851 bits per heavy atom. The Hall–Kier alpha value is -6.32. The van der Waals surface area contributed by atoms with E-state index in [1.807, 2.05) is 24.6 Å². The molecule has 1 unspecified atom stereocenters.